The molecule has 0 aromatic heterocycles. The van der Waals surface area contributed by atoms with Crippen molar-refractivity contribution in [1.82, 2.24) is 4.90 Å². The predicted octanol–water partition coefficient (Wildman–Crippen LogP) is 21.1. The molecule has 500 valence electrons. The van der Waals surface area contributed by atoms with Gasteiger partial charge in [-0.25, -0.2) is 0 Å². The number of carbonyl (C=O) groups is 6. The van der Waals surface area contributed by atoms with Crippen LogP contribution < -0.4 is 0 Å². The molecular formula is C74H139NO10. The van der Waals surface area contributed by atoms with Crippen molar-refractivity contribution in [3.63, 3.8) is 0 Å². The number of rotatable bonds is 50. The fourth-order valence-electron chi connectivity index (χ4n) is 8.70. The van der Waals surface area contributed by atoms with Gasteiger partial charge in [0.25, 0.3) is 0 Å². The average molecular weight is 1200 g/mol. The van der Waals surface area contributed by atoms with E-state index >= 15 is 0 Å². The summed E-state index contributed by atoms with van der Waals surface area (Å²) in [6.45, 7) is 35.5. The van der Waals surface area contributed by atoms with Crippen LogP contribution in [0.25, 0.3) is 0 Å². The lowest BCUT2D eigenvalue weighted by Crippen LogP contribution is -2.36. The summed E-state index contributed by atoms with van der Waals surface area (Å²) in [5.74, 6) is 0.150. The standard InChI is InChI=1S/C38H65NO7.C15H26O3.C9H20.C7H12.2C2H6.CH4/c1-7-13-15-17-19-21-25-44-36(11-5)30-39(31-38(43)45-26-22-20-18-16-14-8-2)29-34(41)24-23-32(27-33(40)9-3)28-35(10-4)46-37(42)12-6;1-3-5-6-7-8-9-13-18-15(17)12-10-11-14(16)4-2;1-3-5-7-9-8-6-4-2;1-2-7-5-3-4-6-7;2*1-2;/h23-24,32,35H,5,7-10,12-22,25-31H2,1-4,6H3;4H,2-3,5-13H2,1H3;3-9H2,1-2H3;3,5,7H,2,4,6H2,1H3;2*1-2H3;1H4/t32-,35-;;;;;;/m1....../s1. The fourth-order valence-corrected chi connectivity index (χ4v) is 8.70. The topological polar surface area (TPSA) is 143 Å². The molecule has 0 amide bonds. The predicted molar refractivity (Wildman–Crippen MR) is 364 cm³/mol. The van der Waals surface area contributed by atoms with Crippen LogP contribution in [-0.2, 0) is 47.7 Å². The number of ether oxygens (including phenoxy) is 4. The molecule has 0 fully saturated rings. The summed E-state index contributed by atoms with van der Waals surface area (Å²) in [5, 5.41) is 0. The summed E-state index contributed by atoms with van der Waals surface area (Å²) in [5.41, 5.74) is 2.84. The summed E-state index contributed by atoms with van der Waals surface area (Å²) >= 11 is 0. The van der Waals surface area contributed by atoms with Crippen LogP contribution in [0.3, 0.4) is 0 Å². The Balaban J connectivity index is -0.000000321. The van der Waals surface area contributed by atoms with Gasteiger partial charge in [0.15, 0.2) is 17.3 Å². The number of nitrogens with zero attached hydrogens (tertiary/aromatic N) is 1. The summed E-state index contributed by atoms with van der Waals surface area (Å²) in [7, 11) is 0. The summed E-state index contributed by atoms with van der Waals surface area (Å²) in [6.07, 6.45) is 46.6. The molecule has 0 aromatic carbocycles. The van der Waals surface area contributed by atoms with Crippen molar-refractivity contribution in [2.45, 2.75) is 335 Å². The summed E-state index contributed by atoms with van der Waals surface area (Å²) in [4.78, 5) is 74.0. The molecular weight excluding hydrogens is 1060 g/mol. The van der Waals surface area contributed by atoms with Crippen LogP contribution in [0.4, 0.5) is 0 Å². The zero-order chi connectivity index (χ0) is 64.1. The molecule has 1 aliphatic rings. The lowest BCUT2D eigenvalue weighted by atomic mass is 9.93. The molecule has 3 atom stereocenters. The molecule has 0 saturated carbocycles. The van der Waals surface area contributed by atoms with E-state index in [1.807, 2.05) is 41.5 Å². The molecule has 0 heterocycles. The SMILES string of the molecule is C.C=C=C(CN(CC(=O)C=C[C@H](CC(=O)CC)C[C@@H](CC)OC(=O)CC)CC(=O)OCCCCCCCC)OCCCCCCCC.C=CC(=O)CCCC(=O)OCCCCCCCC.CC.CC.CCC1C=CCC1.CCCCCCCCC. The number of ketones is 3. The minimum absolute atomic E-state index is 0. The molecule has 0 aliphatic heterocycles. The Hall–Kier alpha value is -4.08. The van der Waals surface area contributed by atoms with Gasteiger partial charge in [-0.3, -0.25) is 33.7 Å². The smallest absolute Gasteiger partial charge is 0.320 e. The molecule has 0 saturated heterocycles. The molecule has 11 nitrogen and oxygen atoms in total. The Morgan fingerprint density at radius 3 is 1.40 bits per heavy atom. The first-order valence-corrected chi connectivity index (χ1v) is 34.6. The molecule has 0 bridgehead atoms. The number of unbranched alkanes of at least 4 members (excludes halogenated alkanes) is 21. The number of carbonyl (C=O) groups excluding carboxylic acids is 6. The Labute approximate surface area is 526 Å². The minimum atomic E-state index is -0.389. The molecule has 0 radical (unpaired) electrons. The van der Waals surface area contributed by atoms with Gasteiger partial charge >= 0.3 is 17.9 Å². The van der Waals surface area contributed by atoms with Crippen LogP contribution in [-0.4, -0.2) is 85.7 Å². The van der Waals surface area contributed by atoms with Crippen molar-refractivity contribution in [3.05, 3.63) is 55.0 Å². The molecule has 0 aromatic rings. The highest BCUT2D eigenvalue weighted by Gasteiger charge is 2.21. The van der Waals surface area contributed by atoms with Crippen molar-refractivity contribution in [2.24, 2.45) is 11.8 Å². The molecule has 85 heavy (non-hydrogen) atoms. The van der Waals surface area contributed by atoms with Gasteiger partial charge in [0, 0.05) is 32.1 Å². The number of hydrogen-bond acceptors (Lipinski definition) is 11. The zero-order valence-electron chi connectivity index (χ0n) is 57.3. The fraction of sp³-hybridized carbons (Fsp3) is 0.797. The molecule has 1 aliphatic carbocycles. The third kappa shape index (κ3) is 70.6. The highest BCUT2D eigenvalue weighted by Crippen LogP contribution is 2.21. The normalized spacial score (nSPS) is 12.5. The van der Waals surface area contributed by atoms with Crippen molar-refractivity contribution in [1.29, 1.82) is 0 Å². The Kier molecular flexibility index (Phi) is 82.4. The van der Waals surface area contributed by atoms with Crippen LogP contribution in [0, 0.1) is 11.8 Å². The monoisotopic (exact) mass is 1200 g/mol. The number of hydrogen-bond donors (Lipinski definition) is 0. The Morgan fingerprint density at radius 1 is 0.553 bits per heavy atom. The number of allylic oxidation sites excluding steroid dienone is 4. The maximum Gasteiger partial charge on any atom is 0.320 e. The van der Waals surface area contributed by atoms with E-state index in [1.54, 1.807) is 17.9 Å². The van der Waals surface area contributed by atoms with E-state index in [0.29, 0.717) is 64.1 Å². The third-order valence-electron chi connectivity index (χ3n) is 14.0. The van der Waals surface area contributed by atoms with E-state index in [4.69, 9.17) is 18.9 Å². The summed E-state index contributed by atoms with van der Waals surface area (Å²) < 4.78 is 22.1. The Morgan fingerprint density at radius 2 is 1.01 bits per heavy atom. The molecule has 1 unspecified atom stereocenters. The first kappa shape index (κ1) is 92.1. The van der Waals surface area contributed by atoms with Crippen LogP contribution in [0.5, 0.6) is 0 Å². The summed E-state index contributed by atoms with van der Waals surface area (Å²) in [6, 6.07) is 0. The minimum Gasteiger partial charge on any atom is -0.489 e. The number of Topliss-reactive ketones (excluding diaryl/α,β-unsaturated/α-hetero) is 1. The van der Waals surface area contributed by atoms with Crippen molar-refractivity contribution in [2.75, 3.05) is 39.5 Å². The van der Waals surface area contributed by atoms with Crippen LogP contribution >= 0.6 is 0 Å². The van der Waals surface area contributed by atoms with Crippen LogP contribution in [0.1, 0.15) is 329 Å². The first-order chi connectivity index (χ1) is 40.8. The zero-order valence-corrected chi connectivity index (χ0v) is 57.3. The molecule has 0 spiro atoms. The van der Waals surface area contributed by atoms with Gasteiger partial charge in [-0.1, -0.05) is 276 Å². The van der Waals surface area contributed by atoms with Crippen LogP contribution in [0.15, 0.2) is 55.0 Å². The lowest BCUT2D eigenvalue weighted by molar-refractivity contribution is -0.149. The van der Waals surface area contributed by atoms with E-state index in [0.717, 1.165) is 50.9 Å². The van der Waals surface area contributed by atoms with Crippen molar-refractivity contribution in [3.8, 4) is 0 Å². The van der Waals surface area contributed by atoms with Crippen molar-refractivity contribution >= 4 is 35.3 Å². The second kappa shape index (κ2) is 76.0. The van der Waals surface area contributed by atoms with E-state index < -0.39 is 0 Å². The van der Waals surface area contributed by atoms with Gasteiger partial charge in [-0.05, 0) is 81.8 Å². The molecule has 11 heteroatoms. The maximum absolute atomic E-state index is 13.2. The quantitative estimate of drug-likeness (QED) is 0.0109. The Bertz CT molecular complexity index is 1620. The van der Waals surface area contributed by atoms with Crippen molar-refractivity contribution < 1.29 is 47.7 Å². The van der Waals surface area contributed by atoms with Gasteiger partial charge in [0.05, 0.1) is 39.5 Å². The largest absolute Gasteiger partial charge is 0.489 e. The first-order valence-electron chi connectivity index (χ1n) is 34.6. The van der Waals surface area contributed by atoms with E-state index in [-0.39, 0.29) is 87.2 Å². The van der Waals surface area contributed by atoms with Gasteiger partial charge in [-0.15, -0.1) is 0 Å². The van der Waals surface area contributed by atoms with Gasteiger partial charge in [-0.2, -0.15) is 0 Å². The van der Waals surface area contributed by atoms with Gasteiger partial charge in [0.1, 0.15) is 11.9 Å². The molecule has 1 rings (SSSR count). The second-order valence-electron chi connectivity index (χ2n) is 21.6. The van der Waals surface area contributed by atoms with E-state index in [1.165, 1.54) is 147 Å². The van der Waals surface area contributed by atoms with Crippen LogP contribution in [0.2, 0.25) is 0 Å². The van der Waals surface area contributed by atoms with E-state index in [2.05, 4.69) is 72.6 Å². The second-order valence-corrected chi connectivity index (χ2v) is 21.6. The van der Waals surface area contributed by atoms with E-state index in [9.17, 15) is 28.8 Å². The maximum atomic E-state index is 13.2. The third-order valence-corrected chi connectivity index (χ3v) is 14.0. The van der Waals surface area contributed by atoms with Gasteiger partial charge in [0.2, 0.25) is 0 Å². The molecule has 0 N–H and O–H groups in total. The lowest BCUT2D eigenvalue weighted by Gasteiger charge is -2.22. The average Bonchev–Trinajstić information content (AvgIpc) is 4.10. The van der Waals surface area contributed by atoms with Gasteiger partial charge < -0.3 is 18.9 Å². The number of esters is 3. The highest BCUT2D eigenvalue weighted by molar-refractivity contribution is 5.92. The highest BCUT2D eigenvalue weighted by atomic mass is 16.5.